The van der Waals surface area contributed by atoms with Crippen LogP contribution in [0.4, 0.5) is 5.69 Å². The van der Waals surface area contributed by atoms with Crippen molar-refractivity contribution in [2.75, 3.05) is 11.9 Å². The van der Waals surface area contributed by atoms with E-state index in [1.165, 1.54) is 10.2 Å². The summed E-state index contributed by atoms with van der Waals surface area (Å²) in [5.74, 6) is 0.595. The number of rotatable bonds is 5. The van der Waals surface area contributed by atoms with Crippen molar-refractivity contribution in [3.05, 3.63) is 81.8 Å². The molecule has 0 radical (unpaired) electrons. The molecule has 1 aromatic carbocycles. The number of hydrogen-bond donors (Lipinski definition) is 0. The summed E-state index contributed by atoms with van der Waals surface area (Å²) >= 11 is 0. The first kappa shape index (κ1) is 16.8. The zero-order valence-electron chi connectivity index (χ0n) is 14.7. The second-order valence-corrected chi connectivity index (χ2v) is 6.12. The SMILES string of the molecule is Cc1cc(C)nc(Cn2ncc(N(C)Cc3ccccc3)cc2=O)n1. The molecule has 0 aliphatic carbocycles. The van der Waals surface area contributed by atoms with Gasteiger partial charge in [0, 0.05) is 31.0 Å². The lowest BCUT2D eigenvalue weighted by atomic mass is 10.2. The summed E-state index contributed by atoms with van der Waals surface area (Å²) in [7, 11) is 1.95. The van der Waals surface area contributed by atoms with E-state index in [2.05, 4.69) is 27.2 Å². The van der Waals surface area contributed by atoms with Crippen LogP contribution in [0.15, 0.2) is 53.5 Å². The van der Waals surface area contributed by atoms with Gasteiger partial charge in [0.05, 0.1) is 11.9 Å². The van der Waals surface area contributed by atoms with Gasteiger partial charge in [-0.3, -0.25) is 4.79 Å². The summed E-state index contributed by atoms with van der Waals surface area (Å²) in [6.45, 7) is 4.81. The molecule has 0 spiro atoms. The maximum absolute atomic E-state index is 12.4. The van der Waals surface area contributed by atoms with Crippen molar-refractivity contribution < 1.29 is 0 Å². The van der Waals surface area contributed by atoms with Gasteiger partial charge in [0.25, 0.3) is 5.56 Å². The summed E-state index contributed by atoms with van der Waals surface area (Å²) in [6.07, 6.45) is 1.70. The van der Waals surface area contributed by atoms with Crippen molar-refractivity contribution in [2.24, 2.45) is 0 Å². The van der Waals surface area contributed by atoms with E-state index in [-0.39, 0.29) is 12.1 Å². The Morgan fingerprint density at radius 1 is 1.04 bits per heavy atom. The van der Waals surface area contributed by atoms with E-state index in [0.717, 1.165) is 17.1 Å². The first-order valence-corrected chi connectivity index (χ1v) is 8.14. The van der Waals surface area contributed by atoms with Crippen molar-refractivity contribution in [1.82, 2.24) is 19.7 Å². The summed E-state index contributed by atoms with van der Waals surface area (Å²) in [5, 5.41) is 4.28. The normalized spacial score (nSPS) is 10.7. The standard InChI is InChI=1S/C19H21N5O/c1-14-9-15(2)22-18(21-14)13-24-19(25)10-17(11-20-24)23(3)12-16-7-5-4-6-8-16/h4-11H,12-13H2,1-3H3. The number of nitrogens with zero attached hydrogens (tertiary/aromatic N) is 5. The zero-order chi connectivity index (χ0) is 17.8. The first-order chi connectivity index (χ1) is 12.0. The average molecular weight is 335 g/mol. The van der Waals surface area contributed by atoms with Gasteiger partial charge in [-0.1, -0.05) is 30.3 Å². The van der Waals surface area contributed by atoms with Gasteiger partial charge in [0.2, 0.25) is 0 Å². The number of aromatic nitrogens is 4. The van der Waals surface area contributed by atoms with Crippen LogP contribution in [-0.4, -0.2) is 26.8 Å². The van der Waals surface area contributed by atoms with E-state index in [4.69, 9.17) is 0 Å². The molecule has 2 heterocycles. The number of anilines is 1. The van der Waals surface area contributed by atoms with Crippen LogP contribution >= 0.6 is 0 Å². The van der Waals surface area contributed by atoms with E-state index in [0.29, 0.717) is 12.4 Å². The summed E-state index contributed by atoms with van der Waals surface area (Å²) in [5.41, 5.74) is 3.56. The third-order valence-corrected chi connectivity index (χ3v) is 3.88. The minimum Gasteiger partial charge on any atom is -0.369 e. The highest BCUT2D eigenvalue weighted by molar-refractivity contribution is 5.42. The smallest absolute Gasteiger partial charge is 0.269 e. The number of aryl methyl sites for hydroxylation is 2. The maximum Gasteiger partial charge on any atom is 0.269 e. The van der Waals surface area contributed by atoms with Gasteiger partial charge >= 0.3 is 0 Å². The summed E-state index contributed by atoms with van der Waals surface area (Å²) in [6, 6.07) is 13.6. The lowest BCUT2D eigenvalue weighted by Crippen LogP contribution is -2.26. The molecular weight excluding hydrogens is 314 g/mol. The average Bonchev–Trinajstić information content (AvgIpc) is 2.56. The van der Waals surface area contributed by atoms with E-state index in [9.17, 15) is 4.79 Å². The fraction of sp³-hybridized carbons (Fsp3) is 0.263. The molecule has 3 aromatic rings. The summed E-state index contributed by atoms with van der Waals surface area (Å²) < 4.78 is 1.38. The topological polar surface area (TPSA) is 63.9 Å². The first-order valence-electron chi connectivity index (χ1n) is 8.14. The van der Waals surface area contributed by atoms with Gasteiger partial charge in [-0.15, -0.1) is 0 Å². The Hall–Kier alpha value is -3.02. The van der Waals surface area contributed by atoms with Crippen LogP contribution in [0.5, 0.6) is 0 Å². The predicted octanol–water partition coefficient (Wildman–Crippen LogP) is 2.33. The van der Waals surface area contributed by atoms with Crippen molar-refractivity contribution in [1.29, 1.82) is 0 Å². The molecule has 0 aliphatic rings. The molecule has 0 bridgehead atoms. The lowest BCUT2D eigenvalue weighted by molar-refractivity contribution is 0.609. The monoisotopic (exact) mass is 335 g/mol. The van der Waals surface area contributed by atoms with Crippen molar-refractivity contribution in [2.45, 2.75) is 26.9 Å². The van der Waals surface area contributed by atoms with E-state index in [1.54, 1.807) is 12.3 Å². The maximum atomic E-state index is 12.4. The van der Waals surface area contributed by atoms with E-state index in [1.807, 2.05) is 50.1 Å². The molecule has 0 amide bonds. The van der Waals surface area contributed by atoms with Crippen molar-refractivity contribution in [3.8, 4) is 0 Å². The molecule has 0 saturated carbocycles. The van der Waals surface area contributed by atoms with E-state index < -0.39 is 0 Å². The highest BCUT2D eigenvalue weighted by Gasteiger charge is 2.08. The Labute approximate surface area is 146 Å². The Balaban J connectivity index is 1.77. The Morgan fingerprint density at radius 3 is 2.36 bits per heavy atom. The van der Waals surface area contributed by atoms with Crippen LogP contribution in [0.25, 0.3) is 0 Å². The van der Waals surface area contributed by atoms with Crippen LogP contribution in [0.1, 0.15) is 22.8 Å². The largest absolute Gasteiger partial charge is 0.369 e. The lowest BCUT2D eigenvalue weighted by Gasteiger charge is -2.19. The Morgan fingerprint density at radius 2 is 1.72 bits per heavy atom. The molecule has 2 aromatic heterocycles. The molecule has 0 unspecified atom stereocenters. The summed E-state index contributed by atoms with van der Waals surface area (Å²) in [4.78, 5) is 23.1. The van der Waals surface area contributed by atoms with Gasteiger partial charge in [-0.25, -0.2) is 14.6 Å². The minimum atomic E-state index is -0.167. The number of benzene rings is 1. The van der Waals surface area contributed by atoms with Crippen LogP contribution in [-0.2, 0) is 13.1 Å². The quantitative estimate of drug-likeness (QED) is 0.716. The van der Waals surface area contributed by atoms with Gasteiger partial charge in [0.1, 0.15) is 12.4 Å². The van der Waals surface area contributed by atoms with E-state index >= 15 is 0 Å². The third kappa shape index (κ3) is 4.29. The van der Waals surface area contributed by atoms with Crippen LogP contribution in [0.3, 0.4) is 0 Å². The van der Waals surface area contributed by atoms with Gasteiger partial charge in [-0.05, 0) is 25.5 Å². The molecule has 0 N–H and O–H groups in total. The fourth-order valence-electron chi connectivity index (χ4n) is 2.70. The molecule has 0 atom stereocenters. The van der Waals surface area contributed by atoms with Gasteiger partial charge in [0.15, 0.2) is 0 Å². The molecule has 6 nitrogen and oxygen atoms in total. The van der Waals surface area contributed by atoms with Gasteiger partial charge < -0.3 is 4.90 Å². The molecule has 6 heteroatoms. The van der Waals surface area contributed by atoms with Crippen LogP contribution < -0.4 is 10.5 Å². The molecule has 0 fully saturated rings. The van der Waals surface area contributed by atoms with Crippen LogP contribution in [0.2, 0.25) is 0 Å². The minimum absolute atomic E-state index is 0.167. The highest BCUT2D eigenvalue weighted by atomic mass is 16.1. The van der Waals surface area contributed by atoms with Gasteiger partial charge in [-0.2, -0.15) is 5.10 Å². The van der Waals surface area contributed by atoms with Crippen LogP contribution in [0, 0.1) is 13.8 Å². The third-order valence-electron chi connectivity index (χ3n) is 3.88. The fourth-order valence-corrected chi connectivity index (χ4v) is 2.70. The Kier molecular flexibility index (Phi) is 4.88. The molecule has 128 valence electrons. The molecule has 0 saturated heterocycles. The predicted molar refractivity (Wildman–Crippen MR) is 97.7 cm³/mol. The molecule has 3 rings (SSSR count). The molecule has 0 aliphatic heterocycles. The van der Waals surface area contributed by atoms with Crippen molar-refractivity contribution in [3.63, 3.8) is 0 Å². The second-order valence-electron chi connectivity index (χ2n) is 6.12. The highest BCUT2D eigenvalue weighted by Crippen LogP contribution is 2.12. The zero-order valence-corrected chi connectivity index (χ0v) is 14.7. The van der Waals surface area contributed by atoms with Crippen molar-refractivity contribution >= 4 is 5.69 Å². The number of hydrogen-bond acceptors (Lipinski definition) is 5. The molecular formula is C19H21N5O. The second kappa shape index (κ2) is 7.25. The Bertz CT molecular complexity index is 900. The molecule has 25 heavy (non-hydrogen) atoms.